The molecule has 1 aromatic carbocycles. The lowest BCUT2D eigenvalue weighted by Gasteiger charge is -2.18. The molecule has 0 amide bonds. The number of hydrogen-bond acceptors (Lipinski definition) is 3. The van der Waals surface area contributed by atoms with Crippen LogP contribution >= 0.6 is 0 Å². The topological polar surface area (TPSA) is 59.0 Å². The van der Waals surface area contributed by atoms with Crippen molar-refractivity contribution in [3.63, 3.8) is 0 Å². The van der Waals surface area contributed by atoms with E-state index in [1.165, 1.54) is 6.07 Å². The molecule has 114 valence electrons. The lowest BCUT2D eigenvalue weighted by molar-refractivity contribution is -0.139. The van der Waals surface area contributed by atoms with Crippen molar-refractivity contribution in [2.45, 2.75) is 31.9 Å². The normalized spacial score (nSPS) is 16.3. The second-order valence-corrected chi connectivity index (χ2v) is 5.49. The van der Waals surface area contributed by atoms with Gasteiger partial charge in [0.1, 0.15) is 5.75 Å². The maximum atomic E-state index is 13.1. The minimum absolute atomic E-state index is 0.153. The van der Waals surface area contributed by atoms with Gasteiger partial charge in [0.05, 0.1) is 18.2 Å². The molecule has 3 nitrogen and oxygen atoms in total. The van der Waals surface area contributed by atoms with E-state index in [0.717, 1.165) is 18.9 Å². The molecule has 0 radical (unpaired) electrons. The summed E-state index contributed by atoms with van der Waals surface area (Å²) in [6.45, 7) is 0.447. The third-order valence-electron chi connectivity index (χ3n) is 3.73. The summed E-state index contributed by atoms with van der Waals surface area (Å²) in [6.07, 6.45) is -2.10. The van der Waals surface area contributed by atoms with Crippen molar-refractivity contribution in [1.29, 1.82) is 5.26 Å². The standard InChI is InChI=1S/C15H17F3N2O/c16-15(17,18)12-9-11(3-7-19)1-2-13(12)21-10-14(4-5-14)6-8-20/h1-2,9H,3-7,10,19H2. The number of ether oxygens (including phenoxy) is 1. The highest BCUT2D eigenvalue weighted by atomic mass is 19.4. The molecule has 0 unspecified atom stereocenters. The number of rotatable bonds is 6. The van der Waals surface area contributed by atoms with Crippen LogP contribution in [0.5, 0.6) is 5.75 Å². The highest BCUT2D eigenvalue weighted by molar-refractivity contribution is 5.39. The van der Waals surface area contributed by atoms with Gasteiger partial charge in [-0.3, -0.25) is 0 Å². The summed E-state index contributed by atoms with van der Waals surface area (Å²) >= 11 is 0. The van der Waals surface area contributed by atoms with Gasteiger partial charge in [-0.15, -0.1) is 0 Å². The van der Waals surface area contributed by atoms with E-state index in [1.807, 2.05) is 0 Å². The van der Waals surface area contributed by atoms with Crippen LogP contribution < -0.4 is 10.5 Å². The smallest absolute Gasteiger partial charge is 0.419 e. The summed E-state index contributed by atoms with van der Waals surface area (Å²) < 4.78 is 44.6. The lowest BCUT2D eigenvalue weighted by Crippen LogP contribution is -2.16. The van der Waals surface area contributed by atoms with Gasteiger partial charge >= 0.3 is 6.18 Å². The number of nitriles is 1. The third kappa shape index (κ3) is 3.88. The highest BCUT2D eigenvalue weighted by Crippen LogP contribution is 2.49. The van der Waals surface area contributed by atoms with Crippen molar-refractivity contribution in [2.24, 2.45) is 11.1 Å². The van der Waals surface area contributed by atoms with Crippen LogP contribution in [0.15, 0.2) is 18.2 Å². The van der Waals surface area contributed by atoms with Gasteiger partial charge in [-0.2, -0.15) is 18.4 Å². The summed E-state index contributed by atoms with van der Waals surface area (Å²) in [5.74, 6) is -0.174. The van der Waals surface area contributed by atoms with Gasteiger partial charge in [-0.1, -0.05) is 6.07 Å². The molecule has 0 atom stereocenters. The zero-order valence-corrected chi connectivity index (χ0v) is 11.5. The van der Waals surface area contributed by atoms with Gasteiger partial charge in [0, 0.05) is 11.8 Å². The second-order valence-electron chi connectivity index (χ2n) is 5.49. The van der Waals surface area contributed by atoms with Crippen molar-refractivity contribution in [2.75, 3.05) is 13.2 Å². The zero-order valence-electron chi connectivity index (χ0n) is 11.5. The summed E-state index contributed by atoms with van der Waals surface area (Å²) in [4.78, 5) is 0. The van der Waals surface area contributed by atoms with E-state index in [2.05, 4.69) is 6.07 Å². The zero-order chi connectivity index (χ0) is 15.5. The van der Waals surface area contributed by atoms with Crippen molar-refractivity contribution in [3.05, 3.63) is 29.3 Å². The molecular weight excluding hydrogens is 281 g/mol. The highest BCUT2D eigenvalue weighted by Gasteiger charge is 2.44. The first kappa shape index (κ1) is 15.6. The molecule has 21 heavy (non-hydrogen) atoms. The van der Waals surface area contributed by atoms with Crippen LogP contribution in [-0.2, 0) is 12.6 Å². The van der Waals surface area contributed by atoms with E-state index in [1.54, 1.807) is 6.07 Å². The molecule has 1 aliphatic carbocycles. The van der Waals surface area contributed by atoms with Gasteiger partial charge in [0.25, 0.3) is 0 Å². The van der Waals surface area contributed by atoms with Crippen LogP contribution in [-0.4, -0.2) is 13.2 Å². The molecular formula is C15H17F3N2O. The molecule has 2 N–H and O–H groups in total. The molecule has 0 heterocycles. The van der Waals surface area contributed by atoms with Crippen molar-refractivity contribution >= 4 is 0 Å². The van der Waals surface area contributed by atoms with Gasteiger partial charge in [-0.25, -0.2) is 0 Å². The van der Waals surface area contributed by atoms with Crippen LogP contribution in [0.3, 0.4) is 0 Å². The fraction of sp³-hybridized carbons (Fsp3) is 0.533. The Balaban J connectivity index is 2.16. The molecule has 2 rings (SSSR count). The van der Waals surface area contributed by atoms with E-state index < -0.39 is 11.7 Å². The fourth-order valence-corrected chi connectivity index (χ4v) is 2.19. The molecule has 1 aliphatic rings. The predicted molar refractivity (Wildman–Crippen MR) is 71.6 cm³/mol. The predicted octanol–water partition coefficient (Wildman–Crippen LogP) is 3.28. The third-order valence-corrected chi connectivity index (χ3v) is 3.73. The van der Waals surface area contributed by atoms with Gasteiger partial charge in [-0.05, 0) is 43.5 Å². The van der Waals surface area contributed by atoms with Crippen LogP contribution in [0, 0.1) is 16.7 Å². The second kappa shape index (κ2) is 5.94. The van der Waals surface area contributed by atoms with Crippen LogP contribution in [0.2, 0.25) is 0 Å². The first-order valence-corrected chi connectivity index (χ1v) is 6.80. The Kier molecular flexibility index (Phi) is 4.43. The molecule has 0 saturated heterocycles. The molecule has 1 fully saturated rings. The summed E-state index contributed by atoms with van der Waals surface area (Å²) in [7, 11) is 0. The van der Waals surface area contributed by atoms with E-state index in [9.17, 15) is 13.2 Å². The Labute approximate surface area is 121 Å². The Morgan fingerprint density at radius 3 is 2.57 bits per heavy atom. The average Bonchev–Trinajstić information content (AvgIpc) is 3.17. The molecule has 1 saturated carbocycles. The number of hydrogen-bond donors (Lipinski definition) is 1. The first-order chi connectivity index (χ1) is 9.90. The van der Waals surface area contributed by atoms with Crippen molar-refractivity contribution < 1.29 is 17.9 Å². The quantitative estimate of drug-likeness (QED) is 0.876. The van der Waals surface area contributed by atoms with E-state index in [0.29, 0.717) is 24.9 Å². The Hall–Kier alpha value is -1.74. The Bertz CT molecular complexity index is 545. The van der Waals surface area contributed by atoms with Crippen LogP contribution in [0.1, 0.15) is 30.4 Å². The Morgan fingerprint density at radius 2 is 2.05 bits per heavy atom. The average molecular weight is 298 g/mol. The van der Waals surface area contributed by atoms with E-state index >= 15 is 0 Å². The van der Waals surface area contributed by atoms with E-state index in [-0.39, 0.29) is 17.8 Å². The van der Waals surface area contributed by atoms with Gasteiger partial charge in [0.2, 0.25) is 0 Å². The summed E-state index contributed by atoms with van der Waals surface area (Å²) in [6, 6.07) is 6.09. The minimum Gasteiger partial charge on any atom is -0.492 e. The van der Waals surface area contributed by atoms with Crippen LogP contribution in [0.4, 0.5) is 13.2 Å². The summed E-state index contributed by atoms with van der Waals surface area (Å²) in [5, 5.41) is 8.72. The van der Waals surface area contributed by atoms with E-state index in [4.69, 9.17) is 15.7 Å². The largest absolute Gasteiger partial charge is 0.492 e. The molecule has 0 aromatic heterocycles. The number of halogens is 3. The SMILES string of the molecule is N#CCC1(COc2ccc(CCN)cc2C(F)(F)F)CC1. The minimum atomic E-state index is -4.47. The molecule has 0 bridgehead atoms. The summed E-state index contributed by atoms with van der Waals surface area (Å²) in [5.41, 5.74) is 4.88. The molecule has 6 heteroatoms. The van der Waals surface area contributed by atoms with Gasteiger partial charge < -0.3 is 10.5 Å². The van der Waals surface area contributed by atoms with Crippen molar-refractivity contribution in [3.8, 4) is 11.8 Å². The molecule has 0 aliphatic heterocycles. The number of alkyl halides is 3. The first-order valence-electron chi connectivity index (χ1n) is 6.80. The van der Waals surface area contributed by atoms with Gasteiger partial charge in [0.15, 0.2) is 0 Å². The fourth-order valence-electron chi connectivity index (χ4n) is 2.19. The Morgan fingerprint density at radius 1 is 1.33 bits per heavy atom. The monoisotopic (exact) mass is 298 g/mol. The maximum Gasteiger partial charge on any atom is 0.419 e. The van der Waals surface area contributed by atoms with Crippen LogP contribution in [0.25, 0.3) is 0 Å². The van der Waals surface area contributed by atoms with Crippen molar-refractivity contribution in [1.82, 2.24) is 0 Å². The molecule has 0 spiro atoms. The number of nitrogens with zero attached hydrogens (tertiary/aromatic N) is 1. The number of benzene rings is 1. The lowest BCUT2D eigenvalue weighted by atomic mass is 10.0. The molecule has 1 aromatic rings. The maximum absolute atomic E-state index is 13.1. The number of nitrogens with two attached hydrogens (primary N) is 1.